The van der Waals surface area contributed by atoms with Crippen LogP contribution in [0.15, 0.2) is 47.4 Å². The second kappa shape index (κ2) is 7.67. The maximum Gasteiger partial charge on any atom is 0.338 e. The molecule has 8 heteroatoms. The lowest BCUT2D eigenvalue weighted by Gasteiger charge is -2.18. The van der Waals surface area contributed by atoms with Gasteiger partial charge in [0.25, 0.3) is 5.56 Å². The summed E-state index contributed by atoms with van der Waals surface area (Å²) in [6, 6.07) is 9.64. The Balaban J connectivity index is 1.55. The summed E-state index contributed by atoms with van der Waals surface area (Å²) in [5.41, 5.74) is 2.26. The van der Waals surface area contributed by atoms with Gasteiger partial charge in [0.2, 0.25) is 5.91 Å². The van der Waals surface area contributed by atoms with Crippen LogP contribution in [0.4, 0.5) is 5.69 Å². The molecule has 1 aliphatic rings. The quantitative estimate of drug-likeness (QED) is 0.616. The normalized spacial score (nSPS) is 13.9. The molecule has 2 aromatic heterocycles. The first-order valence-electron chi connectivity index (χ1n) is 9.19. The van der Waals surface area contributed by atoms with Crippen LogP contribution >= 0.6 is 11.6 Å². The number of aryl methyl sites for hydroxylation is 1. The zero-order valence-corrected chi connectivity index (χ0v) is 16.5. The number of pyridine rings is 1. The van der Waals surface area contributed by atoms with Crippen molar-refractivity contribution in [1.82, 2.24) is 9.38 Å². The van der Waals surface area contributed by atoms with Crippen LogP contribution in [0.1, 0.15) is 34.5 Å². The minimum Gasteiger partial charge on any atom is -0.456 e. The Bertz CT molecular complexity index is 1190. The number of nitrogens with zero attached hydrogens (tertiary/aromatic N) is 3. The third-order valence-corrected chi connectivity index (χ3v) is 5.16. The Labute approximate surface area is 171 Å². The van der Waals surface area contributed by atoms with Crippen molar-refractivity contribution in [2.75, 3.05) is 11.4 Å². The molecule has 0 unspecified atom stereocenters. The lowest BCUT2D eigenvalue weighted by molar-refractivity contribution is -0.117. The summed E-state index contributed by atoms with van der Waals surface area (Å²) in [4.78, 5) is 42.8. The lowest BCUT2D eigenvalue weighted by atomic mass is 10.2. The summed E-state index contributed by atoms with van der Waals surface area (Å²) in [5.74, 6) is -0.602. The van der Waals surface area contributed by atoms with Crippen molar-refractivity contribution >= 4 is 34.8 Å². The predicted octanol–water partition coefficient (Wildman–Crippen LogP) is 3.14. The molecule has 0 radical (unpaired) electrons. The first kappa shape index (κ1) is 19.1. The second-order valence-corrected chi connectivity index (χ2v) is 7.27. The van der Waals surface area contributed by atoms with Crippen LogP contribution < -0.4 is 10.5 Å². The van der Waals surface area contributed by atoms with Gasteiger partial charge in [-0.05, 0) is 43.2 Å². The minimum atomic E-state index is -0.582. The van der Waals surface area contributed by atoms with Crippen LogP contribution in [0.5, 0.6) is 0 Å². The predicted molar refractivity (Wildman–Crippen MR) is 108 cm³/mol. The molecule has 3 aromatic rings. The van der Waals surface area contributed by atoms with Gasteiger partial charge in [-0.3, -0.25) is 14.0 Å². The molecule has 1 aromatic carbocycles. The number of amides is 1. The molecule has 7 nitrogen and oxygen atoms in total. The van der Waals surface area contributed by atoms with Gasteiger partial charge < -0.3 is 9.64 Å². The number of halogens is 1. The van der Waals surface area contributed by atoms with Crippen LogP contribution in [0.3, 0.4) is 0 Å². The van der Waals surface area contributed by atoms with Crippen LogP contribution in [-0.2, 0) is 16.1 Å². The number of fused-ring (bicyclic) bond motifs is 1. The highest BCUT2D eigenvalue weighted by Crippen LogP contribution is 2.30. The second-order valence-electron chi connectivity index (χ2n) is 6.86. The molecule has 1 aliphatic heterocycles. The molecule has 4 rings (SSSR count). The summed E-state index contributed by atoms with van der Waals surface area (Å²) >= 11 is 6.21. The first-order valence-corrected chi connectivity index (χ1v) is 9.57. The Morgan fingerprint density at radius 1 is 1.24 bits per heavy atom. The largest absolute Gasteiger partial charge is 0.456 e. The number of carbonyl (C=O) groups is 2. The fourth-order valence-corrected chi connectivity index (χ4v) is 3.57. The van der Waals surface area contributed by atoms with E-state index in [0.717, 1.165) is 12.0 Å². The molecular weight excluding hydrogens is 394 g/mol. The van der Waals surface area contributed by atoms with E-state index in [1.165, 1.54) is 10.5 Å². The number of hydrogen-bond acceptors (Lipinski definition) is 5. The van der Waals surface area contributed by atoms with Crippen LogP contribution in [0.25, 0.3) is 5.65 Å². The van der Waals surface area contributed by atoms with E-state index < -0.39 is 5.97 Å². The average molecular weight is 412 g/mol. The first-order chi connectivity index (χ1) is 13.9. The molecule has 1 saturated heterocycles. The van der Waals surface area contributed by atoms with Crippen molar-refractivity contribution in [2.45, 2.75) is 26.4 Å². The summed E-state index contributed by atoms with van der Waals surface area (Å²) < 4.78 is 6.79. The van der Waals surface area contributed by atoms with Crippen molar-refractivity contribution in [1.29, 1.82) is 0 Å². The topological polar surface area (TPSA) is 81.0 Å². The molecule has 1 amide bonds. The highest BCUT2D eigenvalue weighted by Gasteiger charge is 2.24. The summed E-state index contributed by atoms with van der Waals surface area (Å²) in [6.07, 6.45) is 2.86. The van der Waals surface area contributed by atoms with E-state index in [1.54, 1.807) is 35.4 Å². The zero-order chi connectivity index (χ0) is 20.5. The third kappa shape index (κ3) is 3.73. The molecule has 0 spiro atoms. The van der Waals surface area contributed by atoms with Gasteiger partial charge in [0.15, 0.2) is 0 Å². The van der Waals surface area contributed by atoms with E-state index in [2.05, 4.69) is 4.98 Å². The maximum atomic E-state index is 12.5. The van der Waals surface area contributed by atoms with E-state index in [0.29, 0.717) is 35.0 Å². The Kier molecular flexibility index (Phi) is 5.07. The van der Waals surface area contributed by atoms with E-state index in [1.807, 2.05) is 13.0 Å². The molecule has 0 aliphatic carbocycles. The van der Waals surface area contributed by atoms with E-state index in [-0.39, 0.29) is 23.6 Å². The summed E-state index contributed by atoms with van der Waals surface area (Å²) in [5, 5.41) is 0.400. The van der Waals surface area contributed by atoms with E-state index in [9.17, 15) is 14.4 Å². The molecule has 3 heterocycles. The van der Waals surface area contributed by atoms with Crippen molar-refractivity contribution < 1.29 is 14.3 Å². The molecular formula is C21H18ClN3O4. The molecule has 0 N–H and O–H groups in total. The summed E-state index contributed by atoms with van der Waals surface area (Å²) in [6.45, 7) is 2.29. The number of esters is 1. The fourth-order valence-electron chi connectivity index (χ4n) is 3.35. The Morgan fingerprint density at radius 3 is 2.83 bits per heavy atom. The Morgan fingerprint density at radius 2 is 2.07 bits per heavy atom. The highest BCUT2D eigenvalue weighted by molar-refractivity contribution is 6.34. The number of rotatable bonds is 4. The van der Waals surface area contributed by atoms with Crippen LogP contribution in [0.2, 0.25) is 5.02 Å². The fraction of sp³-hybridized carbons (Fsp3) is 0.238. The molecule has 0 atom stereocenters. The number of aromatic nitrogens is 2. The monoisotopic (exact) mass is 411 g/mol. The number of ether oxygens (including phenoxy) is 1. The molecule has 148 valence electrons. The molecule has 29 heavy (non-hydrogen) atoms. The van der Waals surface area contributed by atoms with Gasteiger partial charge in [0.1, 0.15) is 12.3 Å². The third-order valence-electron chi connectivity index (χ3n) is 4.84. The van der Waals surface area contributed by atoms with Gasteiger partial charge in [-0.2, -0.15) is 0 Å². The van der Waals surface area contributed by atoms with Crippen molar-refractivity contribution in [3.63, 3.8) is 0 Å². The van der Waals surface area contributed by atoms with Crippen molar-refractivity contribution in [3.05, 3.63) is 74.8 Å². The molecule has 0 saturated carbocycles. The van der Waals surface area contributed by atoms with Crippen molar-refractivity contribution in [3.8, 4) is 0 Å². The van der Waals surface area contributed by atoms with Gasteiger partial charge in [-0.25, -0.2) is 9.78 Å². The number of carbonyl (C=O) groups excluding carboxylic acids is 2. The van der Waals surface area contributed by atoms with E-state index >= 15 is 0 Å². The van der Waals surface area contributed by atoms with Gasteiger partial charge >= 0.3 is 5.97 Å². The Hall–Kier alpha value is -3.19. The summed E-state index contributed by atoms with van der Waals surface area (Å²) in [7, 11) is 0. The number of anilines is 1. The number of benzene rings is 1. The van der Waals surface area contributed by atoms with Crippen LogP contribution in [0, 0.1) is 6.92 Å². The highest BCUT2D eigenvalue weighted by atomic mass is 35.5. The minimum absolute atomic E-state index is 0.0198. The smallest absolute Gasteiger partial charge is 0.338 e. The molecule has 1 fully saturated rings. The SMILES string of the molecule is Cc1cccn2c(=O)cc(COC(=O)c3ccc(Cl)c(N4CCCC4=O)c3)nc12. The standard InChI is InChI=1S/C21H18ClN3O4/c1-13-4-2-9-25-19(27)11-15(23-20(13)25)12-29-21(28)14-6-7-16(22)17(10-14)24-8-3-5-18(24)26/h2,4,6-7,9-11H,3,5,8,12H2,1H3. The number of hydrogen-bond donors (Lipinski definition) is 0. The van der Waals surface area contributed by atoms with Crippen LogP contribution in [-0.4, -0.2) is 27.8 Å². The van der Waals surface area contributed by atoms with Gasteiger partial charge in [0, 0.05) is 25.2 Å². The maximum absolute atomic E-state index is 12.5. The van der Waals surface area contributed by atoms with Gasteiger partial charge in [-0.1, -0.05) is 17.7 Å². The zero-order valence-electron chi connectivity index (χ0n) is 15.7. The van der Waals surface area contributed by atoms with Crippen molar-refractivity contribution in [2.24, 2.45) is 0 Å². The lowest BCUT2D eigenvalue weighted by Crippen LogP contribution is -2.24. The van der Waals surface area contributed by atoms with E-state index in [4.69, 9.17) is 16.3 Å². The average Bonchev–Trinajstić information content (AvgIpc) is 3.13. The van der Waals surface area contributed by atoms with Gasteiger partial charge in [0.05, 0.1) is 22.0 Å². The molecule has 0 bridgehead atoms. The van der Waals surface area contributed by atoms with Gasteiger partial charge in [-0.15, -0.1) is 0 Å².